The minimum Gasteiger partial charge on any atom is -0.389 e. The summed E-state index contributed by atoms with van der Waals surface area (Å²) in [5.74, 6) is 1.26. The first-order valence-corrected chi connectivity index (χ1v) is 8.24. The second-order valence-corrected chi connectivity index (χ2v) is 6.82. The van der Waals surface area contributed by atoms with Gasteiger partial charge in [0.2, 0.25) is 0 Å². The predicted molar refractivity (Wildman–Crippen MR) is 93.2 cm³/mol. The molecule has 0 aromatic rings. The summed E-state index contributed by atoms with van der Waals surface area (Å²) in [6.07, 6.45) is 14.7. The lowest BCUT2D eigenvalue weighted by Crippen LogP contribution is -2.07. The largest absolute Gasteiger partial charge is 0.389 e. The Bertz CT molecular complexity index is 435. The normalized spacial score (nSPS) is 33.4. The van der Waals surface area contributed by atoms with E-state index in [1.54, 1.807) is 0 Å². The molecule has 2 atom stereocenters. The van der Waals surface area contributed by atoms with Gasteiger partial charge in [0.1, 0.15) is 0 Å². The van der Waals surface area contributed by atoms with Gasteiger partial charge in [0.15, 0.2) is 0 Å². The Kier molecular flexibility index (Phi) is 7.74. The van der Waals surface area contributed by atoms with Gasteiger partial charge in [0.05, 0.1) is 6.10 Å². The van der Waals surface area contributed by atoms with Gasteiger partial charge >= 0.3 is 0 Å². The van der Waals surface area contributed by atoms with Gasteiger partial charge in [-0.3, -0.25) is 0 Å². The summed E-state index contributed by atoms with van der Waals surface area (Å²) in [5.41, 5.74) is 3.89. The first kappa shape index (κ1) is 18.0. The molecule has 1 nitrogen and oxygen atoms in total. The van der Waals surface area contributed by atoms with E-state index in [1.165, 1.54) is 16.7 Å². The molecule has 0 aliphatic heterocycles. The van der Waals surface area contributed by atoms with Crippen molar-refractivity contribution < 1.29 is 5.11 Å². The van der Waals surface area contributed by atoms with Gasteiger partial charge in [-0.15, -0.1) is 0 Å². The van der Waals surface area contributed by atoms with Gasteiger partial charge in [-0.1, -0.05) is 60.9 Å². The molecule has 0 saturated heterocycles. The molecule has 0 saturated carbocycles. The molecule has 0 aromatic carbocycles. The first-order chi connectivity index (χ1) is 9.88. The molecular weight excluding hydrogens is 256 g/mol. The molecule has 1 heteroatoms. The summed E-state index contributed by atoms with van der Waals surface area (Å²) in [4.78, 5) is 0. The summed E-state index contributed by atoms with van der Waals surface area (Å²) in [6, 6.07) is 0. The van der Waals surface area contributed by atoms with Crippen molar-refractivity contribution in [3.63, 3.8) is 0 Å². The predicted octanol–water partition coefficient (Wildman–Crippen LogP) is 5.59. The van der Waals surface area contributed by atoms with Crippen LogP contribution in [-0.4, -0.2) is 11.2 Å². The van der Waals surface area contributed by atoms with Gasteiger partial charge in [0.25, 0.3) is 0 Å². The molecule has 0 amide bonds. The monoisotopic (exact) mass is 288 g/mol. The van der Waals surface area contributed by atoms with E-state index in [-0.39, 0.29) is 6.10 Å². The molecule has 0 heterocycles. The lowest BCUT2D eigenvalue weighted by atomic mass is 9.88. The molecule has 0 spiro atoms. The standard InChI is InChI=1S/C20H32O/c1-15(2)19-11-9-16(3)7-6-8-17(4)13-20(21)14-18(5)10-12-19/h7-9,11,14-15,19-21H,6,10,12-13H2,1-5H3/b11-9?,16-7-,17-8+,18-14+/t19-,20+/m0/s1. The maximum atomic E-state index is 10.1. The van der Waals surface area contributed by atoms with Crippen molar-refractivity contribution in [2.24, 2.45) is 11.8 Å². The van der Waals surface area contributed by atoms with E-state index in [4.69, 9.17) is 0 Å². The zero-order chi connectivity index (χ0) is 15.8. The summed E-state index contributed by atoms with van der Waals surface area (Å²) in [6.45, 7) is 11.0. The Morgan fingerprint density at radius 1 is 1.10 bits per heavy atom. The fourth-order valence-corrected chi connectivity index (χ4v) is 2.72. The summed E-state index contributed by atoms with van der Waals surface area (Å²) >= 11 is 0. The summed E-state index contributed by atoms with van der Waals surface area (Å²) in [5, 5.41) is 10.1. The van der Waals surface area contributed by atoms with Crippen LogP contribution in [0.5, 0.6) is 0 Å². The molecule has 118 valence electrons. The van der Waals surface area contributed by atoms with Crippen LogP contribution in [0, 0.1) is 11.8 Å². The zero-order valence-corrected chi connectivity index (χ0v) is 14.4. The Morgan fingerprint density at radius 2 is 1.81 bits per heavy atom. The number of hydrogen-bond donors (Lipinski definition) is 1. The Labute approximate surface area is 131 Å². The van der Waals surface area contributed by atoms with Crippen molar-refractivity contribution in [1.29, 1.82) is 0 Å². The lowest BCUT2D eigenvalue weighted by Gasteiger charge is -2.18. The van der Waals surface area contributed by atoms with Crippen molar-refractivity contribution in [2.75, 3.05) is 0 Å². The van der Waals surface area contributed by atoms with E-state index in [0.29, 0.717) is 11.8 Å². The van der Waals surface area contributed by atoms with Crippen LogP contribution in [0.3, 0.4) is 0 Å². The number of hydrogen-bond acceptors (Lipinski definition) is 1. The van der Waals surface area contributed by atoms with E-state index in [1.807, 2.05) is 6.08 Å². The summed E-state index contributed by atoms with van der Waals surface area (Å²) in [7, 11) is 0. The topological polar surface area (TPSA) is 20.2 Å². The fourth-order valence-electron chi connectivity index (χ4n) is 2.72. The highest BCUT2D eigenvalue weighted by molar-refractivity contribution is 5.19. The minimum atomic E-state index is -0.345. The number of aliphatic hydroxyl groups excluding tert-OH is 1. The van der Waals surface area contributed by atoms with E-state index >= 15 is 0 Å². The quantitative estimate of drug-likeness (QED) is 0.624. The van der Waals surface area contributed by atoms with Gasteiger partial charge < -0.3 is 5.11 Å². The molecule has 21 heavy (non-hydrogen) atoms. The van der Waals surface area contributed by atoms with Crippen LogP contribution in [0.25, 0.3) is 0 Å². The van der Waals surface area contributed by atoms with Crippen LogP contribution in [0.4, 0.5) is 0 Å². The van der Waals surface area contributed by atoms with Crippen molar-refractivity contribution in [3.8, 4) is 0 Å². The van der Waals surface area contributed by atoms with Gasteiger partial charge in [-0.05, 0) is 58.3 Å². The Morgan fingerprint density at radius 3 is 2.48 bits per heavy atom. The zero-order valence-electron chi connectivity index (χ0n) is 14.4. The Balaban J connectivity index is 2.94. The molecule has 0 radical (unpaired) electrons. The molecule has 0 unspecified atom stereocenters. The Hall–Kier alpha value is -1.08. The SMILES string of the molecule is C/C1=C/C/C=C(\C)C[C@@H](O)/C=C(\C)CC[C@@H](C(C)C)C=C1. The molecule has 1 N–H and O–H groups in total. The highest BCUT2D eigenvalue weighted by atomic mass is 16.3. The van der Waals surface area contributed by atoms with Crippen molar-refractivity contribution in [3.05, 3.63) is 47.1 Å². The van der Waals surface area contributed by atoms with Gasteiger partial charge in [-0.25, -0.2) is 0 Å². The second kappa shape index (κ2) is 9.04. The van der Waals surface area contributed by atoms with Crippen LogP contribution >= 0.6 is 0 Å². The third kappa shape index (κ3) is 7.47. The third-order valence-corrected chi connectivity index (χ3v) is 4.25. The maximum Gasteiger partial charge on any atom is 0.0760 e. The van der Waals surface area contributed by atoms with Crippen LogP contribution in [0.15, 0.2) is 47.1 Å². The first-order valence-electron chi connectivity index (χ1n) is 8.24. The van der Waals surface area contributed by atoms with Crippen molar-refractivity contribution in [2.45, 2.75) is 66.4 Å². The second-order valence-electron chi connectivity index (χ2n) is 6.82. The summed E-state index contributed by atoms with van der Waals surface area (Å²) < 4.78 is 0. The molecule has 0 bridgehead atoms. The van der Waals surface area contributed by atoms with E-state index in [2.05, 4.69) is 58.9 Å². The van der Waals surface area contributed by atoms with Gasteiger partial charge in [-0.2, -0.15) is 0 Å². The van der Waals surface area contributed by atoms with Crippen molar-refractivity contribution in [1.82, 2.24) is 0 Å². The van der Waals surface area contributed by atoms with Crippen LogP contribution in [0.2, 0.25) is 0 Å². The highest BCUT2D eigenvalue weighted by Gasteiger charge is 2.11. The molecular formula is C20H32O. The lowest BCUT2D eigenvalue weighted by molar-refractivity contribution is 0.222. The van der Waals surface area contributed by atoms with E-state index in [0.717, 1.165) is 25.7 Å². The fraction of sp³-hybridized carbons (Fsp3) is 0.600. The smallest absolute Gasteiger partial charge is 0.0760 e. The molecule has 1 aliphatic carbocycles. The average Bonchev–Trinajstić information content (AvgIpc) is 2.36. The molecule has 0 aromatic heterocycles. The number of allylic oxidation sites excluding steroid dienone is 6. The third-order valence-electron chi connectivity index (χ3n) is 4.25. The molecule has 0 fully saturated rings. The van der Waals surface area contributed by atoms with Crippen molar-refractivity contribution >= 4 is 0 Å². The highest BCUT2D eigenvalue weighted by Crippen LogP contribution is 2.23. The minimum absolute atomic E-state index is 0.345. The van der Waals surface area contributed by atoms with Crippen LogP contribution in [-0.2, 0) is 0 Å². The van der Waals surface area contributed by atoms with Crippen LogP contribution in [0.1, 0.15) is 60.3 Å². The van der Waals surface area contributed by atoms with Gasteiger partial charge in [0, 0.05) is 0 Å². The average molecular weight is 288 g/mol. The number of aliphatic hydroxyl groups is 1. The van der Waals surface area contributed by atoms with E-state index < -0.39 is 0 Å². The number of rotatable bonds is 1. The van der Waals surface area contributed by atoms with Crippen LogP contribution < -0.4 is 0 Å². The molecule has 1 rings (SSSR count). The molecule has 1 aliphatic rings. The van der Waals surface area contributed by atoms with E-state index in [9.17, 15) is 5.11 Å². The maximum absolute atomic E-state index is 10.1.